The smallest absolute Gasteiger partial charge is 0.397 e. The first-order valence-electron chi connectivity index (χ1n) is 8.52. The van der Waals surface area contributed by atoms with Crippen molar-refractivity contribution in [3.8, 4) is 11.1 Å². The van der Waals surface area contributed by atoms with E-state index in [0.29, 0.717) is 16.3 Å². The maximum Gasteiger partial charge on any atom is 0.397 e. The molecule has 0 fully saturated rings. The maximum atomic E-state index is 13.4. The molecule has 26 heavy (non-hydrogen) atoms. The zero-order chi connectivity index (χ0) is 18.7. The van der Waals surface area contributed by atoms with E-state index in [-0.39, 0.29) is 18.7 Å². The second-order valence-corrected chi connectivity index (χ2v) is 7.73. The molecule has 0 N–H and O–H groups in total. The van der Waals surface area contributed by atoms with E-state index in [1.165, 1.54) is 0 Å². The fourth-order valence-electron chi connectivity index (χ4n) is 2.87. The van der Waals surface area contributed by atoms with Gasteiger partial charge in [-0.25, -0.2) is 4.79 Å². The molecule has 1 heterocycles. The average Bonchev–Trinajstić information content (AvgIpc) is 2.63. The Morgan fingerprint density at radius 3 is 2.08 bits per heavy atom. The number of hydrogen-bond acceptors (Lipinski definition) is 5. The monoisotopic (exact) mass is 372 g/mol. The standard InChI is InChI=1S/C20H21O5P/c1-4-23-26(22,24-5-2)20-18(15-12-10-14(3)11-13-15)16-8-6-7-9-17(16)19(21)25-20/h6-13H,4-5H2,1-3H3. The SMILES string of the molecule is CCOP(=O)(OCC)c1oc(=O)c2ccccc2c1-c1ccc(C)cc1. The molecule has 3 rings (SSSR count). The van der Waals surface area contributed by atoms with Crippen LogP contribution in [0, 0.1) is 6.92 Å². The summed E-state index contributed by atoms with van der Waals surface area (Å²) in [5, 5.41) is 1.08. The molecule has 0 saturated carbocycles. The van der Waals surface area contributed by atoms with Crippen molar-refractivity contribution in [1.29, 1.82) is 0 Å². The Bertz CT molecular complexity index is 1010. The molecular formula is C20H21O5P. The summed E-state index contributed by atoms with van der Waals surface area (Å²) < 4.78 is 29.8. The molecule has 0 atom stereocenters. The Hall–Kier alpha value is -2.20. The summed E-state index contributed by atoms with van der Waals surface area (Å²) in [5.74, 6) is 0. The fourth-order valence-corrected chi connectivity index (χ4v) is 4.58. The normalized spacial score (nSPS) is 11.8. The van der Waals surface area contributed by atoms with E-state index in [0.717, 1.165) is 11.1 Å². The van der Waals surface area contributed by atoms with Crippen molar-refractivity contribution in [2.45, 2.75) is 20.8 Å². The van der Waals surface area contributed by atoms with Gasteiger partial charge in [0.05, 0.1) is 18.6 Å². The van der Waals surface area contributed by atoms with E-state index in [2.05, 4.69) is 0 Å². The van der Waals surface area contributed by atoms with Crippen LogP contribution in [0.25, 0.3) is 21.9 Å². The van der Waals surface area contributed by atoms with Crippen molar-refractivity contribution in [2.75, 3.05) is 13.2 Å². The minimum absolute atomic E-state index is 0.0475. The lowest BCUT2D eigenvalue weighted by atomic mass is 10.0. The number of benzene rings is 2. The number of aryl methyl sites for hydroxylation is 1. The van der Waals surface area contributed by atoms with Gasteiger partial charge in [-0.3, -0.25) is 4.57 Å². The fraction of sp³-hybridized carbons (Fsp3) is 0.250. The van der Waals surface area contributed by atoms with Crippen LogP contribution < -0.4 is 11.1 Å². The number of rotatable bonds is 6. The Balaban J connectivity index is 2.42. The molecule has 0 bridgehead atoms. The largest absolute Gasteiger partial charge is 0.413 e. The summed E-state index contributed by atoms with van der Waals surface area (Å²) in [4.78, 5) is 12.5. The molecule has 1 aromatic heterocycles. The summed E-state index contributed by atoms with van der Waals surface area (Å²) in [6.07, 6.45) is 0. The van der Waals surface area contributed by atoms with Crippen LogP contribution in [0.15, 0.2) is 57.7 Å². The van der Waals surface area contributed by atoms with Crippen LogP contribution >= 0.6 is 7.60 Å². The molecule has 0 spiro atoms. The maximum absolute atomic E-state index is 13.4. The van der Waals surface area contributed by atoms with Gasteiger partial charge in [0.1, 0.15) is 0 Å². The third-order valence-electron chi connectivity index (χ3n) is 4.01. The van der Waals surface area contributed by atoms with Gasteiger partial charge in [0, 0.05) is 10.9 Å². The predicted octanol–water partition coefficient (Wildman–Crippen LogP) is 4.66. The van der Waals surface area contributed by atoms with Gasteiger partial charge in [-0.05, 0) is 32.4 Å². The number of fused-ring (bicyclic) bond motifs is 1. The molecule has 136 valence electrons. The zero-order valence-electron chi connectivity index (χ0n) is 15.0. The van der Waals surface area contributed by atoms with E-state index in [1.54, 1.807) is 26.0 Å². The van der Waals surface area contributed by atoms with Crippen molar-refractivity contribution in [3.63, 3.8) is 0 Å². The summed E-state index contributed by atoms with van der Waals surface area (Å²) in [7, 11) is -3.78. The molecule has 3 aromatic rings. The Labute approximate surface area is 152 Å². The highest BCUT2D eigenvalue weighted by molar-refractivity contribution is 7.62. The molecular weight excluding hydrogens is 351 g/mol. The van der Waals surface area contributed by atoms with Crippen molar-refractivity contribution < 1.29 is 18.0 Å². The Morgan fingerprint density at radius 1 is 0.923 bits per heavy atom. The lowest BCUT2D eigenvalue weighted by Crippen LogP contribution is -2.19. The first-order valence-corrected chi connectivity index (χ1v) is 10.1. The van der Waals surface area contributed by atoms with Crippen molar-refractivity contribution in [1.82, 2.24) is 0 Å². The van der Waals surface area contributed by atoms with Crippen LogP contribution in [-0.4, -0.2) is 13.2 Å². The predicted molar refractivity (Wildman–Crippen MR) is 103 cm³/mol. The molecule has 0 aliphatic carbocycles. The van der Waals surface area contributed by atoms with Crippen LogP contribution in [-0.2, 0) is 13.6 Å². The third kappa shape index (κ3) is 3.38. The molecule has 6 heteroatoms. The lowest BCUT2D eigenvalue weighted by Gasteiger charge is -2.19. The highest BCUT2D eigenvalue weighted by atomic mass is 31.2. The van der Waals surface area contributed by atoms with E-state index in [1.807, 2.05) is 43.3 Å². The van der Waals surface area contributed by atoms with Gasteiger partial charge in [-0.15, -0.1) is 0 Å². The van der Waals surface area contributed by atoms with E-state index in [4.69, 9.17) is 13.5 Å². The molecule has 0 unspecified atom stereocenters. The van der Waals surface area contributed by atoms with Crippen molar-refractivity contribution in [2.24, 2.45) is 0 Å². The van der Waals surface area contributed by atoms with Crippen LogP contribution in [0.5, 0.6) is 0 Å². The van der Waals surface area contributed by atoms with E-state index in [9.17, 15) is 9.36 Å². The van der Waals surface area contributed by atoms with Crippen molar-refractivity contribution in [3.05, 3.63) is 64.5 Å². The summed E-state index contributed by atoms with van der Waals surface area (Å²) in [5.41, 5.74) is 1.82. The lowest BCUT2D eigenvalue weighted by molar-refractivity contribution is 0.225. The topological polar surface area (TPSA) is 65.7 Å². The first-order chi connectivity index (χ1) is 12.5. The zero-order valence-corrected chi connectivity index (χ0v) is 15.9. The minimum atomic E-state index is -3.78. The molecule has 0 saturated heterocycles. The van der Waals surface area contributed by atoms with E-state index < -0.39 is 13.2 Å². The molecule has 2 aromatic carbocycles. The average molecular weight is 372 g/mol. The second kappa shape index (κ2) is 7.58. The van der Waals surface area contributed by atoms with Gasteiger partial charge >= 0.3 is 13.2 Å². The Kier molecular flexibility index (Phi) is 5.42. The van der Waals surface area contributed by atoms with Crippen LogP contribution in [0.3, 0.4) is 0 Å². The number of hydrogen-bond donors (Lipinski definition) is 0. The minimum Gasteiger partial charge on any atom is -0.413 e. The summed E-state index contributed by atoms with van der Waals surface area (Å²) in [6, 6.07) is 14.8. The first kappa shape index (κ1) is 18.6. The van der Waals surface area contributed by atoms with Gasteiger partial charge in [-0.1, -0.05) is 48.0 Å². The van der Waals surface area contributed by atoms with Gasteiger partial charge in [-0.2, -0.15) is 0 Å². The summed E-state index contributed by atoms with van der Waals surface area (Å²) >= 11 is 0. The van der Waals surface area contributed by atoms with Crippen LogP contribution in [0.2, 0.25) is 0 Å². The molecule has 0 aliphatic rings. The van der Waals surface area contributed by atoms with E-state index >= 15 is 0 Å². The third-order valence-corrected chi connectivity index (χ3v) is 6.02. The highest BCUT2D eigenvalue weighted by Gasteiger charge is 2.35. The van der Waals surface area contributed by atoms with Gasteiger partial charge in [0.2, 0.25) is 5.50 Å². The van der Waals surface area contributed by atoms with Crippen molar-refractivity contribution >= 4 is 23.9 Å². The molecule has 0 radical (unpaired) electrons. The summed E-state index contributed by atoms with van der Waals surface area (Å²) in [6.45, 7) is 5.76. The quantitative estimate of drug-likeness (QED) is 0.589. The van der Waals surface area contributed by atoms with Gasteiger partial charge in [0.25, 0.3) is 0 Å². The van der Waals surface area contributed by atoms with Gasteiger partial charge < -0.3 is 13.5 Å². The van der Waals surface area contributed by atoms with Gasteiger partial charge in [0.15, 0.2) is 0 Å². The Morgan fingerprint density at radius 2 is 1.50 bits per heavy atom. The highest BCUT2D eigenvalue weighted by Crippen LogP contribution is 2.50. The molecule has 0 aliphatic heterocycles. The molecule has 5 nitrogen and oxygen atoms in total. The second-order valence-electron chi connectivity index (χ2n) is 5.81. The molecule has 0 amide bonds. The van der Waals surface area contributed by atoms with Crippen LogP contribution in [0.4, 0.5) is 0 Å². The van der Waals surface area contributed by atoms with Crippen LogP contribution in [0.1, 0.15) is 19.4 Å².